The SMILES string of the molecule is O=C(Nc1ccc(N2CCOCC2)cc1)[C@@H]1CCCN1. The van der Waals surface area contributed by atoms with Gasteiger partial charge in [-0.25, -0.2) is 0 Å². The summed E-state index contributed by atoms with van der Waals surface area (Å²) in [4.78, 5) is 14.3. The molecule has 0 bridgehead atoms. The van der Waals surface area contributed by atoms with Crippen molar-refractivity contribution < 1.29 is 9.53 Å². The second kappa shape index (κ2) is 6.24. The molecule has 1 aromatic carbocycles. The van der Waals surface area contributed by atoms with Crippen molar-refractivity contribution in [1.29, 1.82) is 0 Å². The predicted molar refractivity (Wildman–Crippen MR) is 79.1 cm³/mol. The van der Waals surface area contributed by atoms with E-state index >= 15 is 0 Å². The van der Waals surface area contributed by atoms with Gasteiger partial charge in [0.15, 0.2) is 0 Å². The Hall–Kier alpha value is -1.59. The number of morpholine rings is 1. The molecule has 0 saturated carbocycles. The van der Waals surface area contributed by atoms with Crippen LogP contribution in [-0.2, 0) is 9.53 Å². The molecule has 0 spiro atoms. The van der Waals surface area contributed by atoms with Crippen LogP contribution in [0.1, 0.15) is 12.8 Å². The van der Waals surface area contributed by atoms with Gasteiger partial charge in [-0.05, 0) is 43.7 Å². The molecule has 2 aliphatic heterocycles. The van der Waals surface area contributed by atoms with Gasteiger partial charge >= 0.3 is 0 Å². The molecule has 2 saturated heterocycles. The molecule has 5 nitrogen and oxygen atoms in total. The van der Waals surface area contributed by atoms with Crippen molar-refractivity contribution in [2.45, 2.75) is 18.9 Å². The van der Waals surface area contributed by atoms with Crippen LogP contribution in [0.4, 0.5) is 11.4 Å². The van der Waals surface area contributed by atoms with Crippen molar-refractivity contribution >= 4 is 17.3 Å². The van der Waals surface area contributed by atoms with Gasteiger partial charge in [-0.15, -0.1) is 0 Å². The zero-order valence-electron chi connectivity index (χ0n) is 11.6. The van der Waals surface area contributed by atoms with E-state index in [4.69, 9.17) is 4.74 Å². The zero-order valence-corrected chi connectivity index (χ0v) is 11.6. The average Bonchev–Trinajstić information content (AvgIpc) is 3.03. The number of carbonyl (C=O) groups is 1. The number of nitrogens with zero attached hydrogens (tertiary/aromatic N) is 1. The molecule has 0 unspecified atom stereocenters. The fourth-order valence-electron chi connectivity index (χ4n) is 2.71. The van der Waals surface area contributed by atoms with Crippen LogP contribution in [-0.4, -0.2) is 44.8 Å². The average molecular weight is 275 g/mol. The lowest BCUT2D eigenvalue weighted by Gasteiger charge is -2.28. The summed E-state index contributed by atoms with van der Waals surface area (Å²) >= 11 is 0. The summed E-state index contributed by atoms with van der Waals surface area (Å²) in [5, 5.41) is 6.17. The van der Waals surface area contributed by atoms with E-state index in [9.17, 15) is 4.79 Å². The largest absolute Gasteiger partial charge is 0.378 e. The summed E-state index contributed by atoms with van der Waals surface area (Å²) < 4.78 is 5.35. The number of nitrogens with one attached hydrogen (secondary N) is 2. The molecule has 0 aliphatic carbocycles. The topological polar surface area (TPSA) is 53.6 Å². The van der Waals surface area contributed by atoms with Crippen LogP contribution in [0, 0.1) is 0 Å². The third kappa shape index (κ3) is 3.11. The molecule has 20 heavy (non-hydrogen) atoms. The Morgan fingerprint density at radius 3 is 2.65 bits per heavy atom. The lowest BCUT2D eigenvalue weighted by atomic mass is 10.2. The van der Waals surface area contributed by atoms with Gasteiger partial charge in [0, 0.05) is 24.5 Å². The smallest absolute Gasteiger partial charge is 0.241 e. The molecule has 2 fully saturated rings. The molecule has 1 amide bonds. The van der Waals surface area contributed by atoms with Gasteiger partial charge in [0.1, 0.15) is 0 Å². The summed E-state index contributed by atoms with van der Waals surface area (Å²) in [6.45, 7) is 4.36. The van der Waals surface area contributed by atoms with Gasteiger partial charge in [0.2, 0.25) is 5.91 Å². The summed E-state index contributed by atoms with van der Waals surface area (Å²) in [7, 11) is 0. The molecule has 3 rings (SSSR count). The van der Waals surface area contributed by atoms with Crippen LogP contribution in [0.2, 0.25) is 0 Å². The third-order valence-corrected chi connectivity index (χ3v) is 3.89. The van der Waals surface area contributed by atoms with Crippen molar-refractivity contribution in [2.75, 3.05) is 43.1 Å². The molecule has 1 aromatic rings. The number of anilines is 2. The van der Waals surface area contributed by atoms with Gasteiger partial charge in [0.05, 0.1) is 19.3 Å². The van der Waals surface area contributed by atoms with E-state index < -0.39 is 0 Å². The van der Waals surface area contributed by atoms with Crippen LogP contribution in [0.3, 0.4) is 0 Å². The molecule has 5 heteroatoms. The highest BCUT2D eigenvalue weighted by Gasteiger charge is 2.21. The summed E-state index contributed by atoms with van der Waals surface area (Å²) in [6, 6.07) is 8.02. The third-order valence-electron chi connectivity index (χ3n) is 3.89. The number of rotatable bonds is 3. The van der Waals surface area contributed by atoms with E-state index in [1.165, 1.54) is 5.69 Å². The van der Waals surface area contributed by atoms with Crippen LogP contribution in [0.15, 0.2) is 24.3 Å². The molecule has 0 aromatic heterocycles. The zero-order chi connectivity index (χ0) is 13.8. The van der Waals surface area contributed by atoms with E-state index in [0.717, 1.165) is 51.4 Å². The monoisotopic (exact) mass is 275 g/mol. The van der Waals surface area contributed by atoms with Crippen LogP contribution in [0.5, 0.6) is 0 Å². The van der Waals surface area contributed by atoms with Crippen molar-refractivity contribution in [3.63, 3.8) is 0 Å². The highest BCUT2D eigenvalue weighted by molar-refractivity contribution is 5.95. The van der Waals surface area contributed by atoms with Crippen molar-refractivity contribution in [3.8, 4) is 0 Å². The summed E-state index contributed by atoms with van der Waals surface area (Å²) in [5.74, 6) is 0.0709. The van der Waals surface area contributed by atoms with Crippen LogP contribution >= 0.6 is 0 Å². The number of hydrogen-bond acceptors (Lipinski definition) is 4. The molecule has 108 valence electrons. The Labute approximate surface area is 119 Å². The Kier molecular flexibility index (Phi) is 4.18. The van der Waals surface area contributed by atoms with Gasteiger partial charge in [-0.2, -0.15) is 0 Å². The highest BCUT2D eigenvalue weighted by Crippen LogP contribution is 2.19. The summed E-state index contributed by atoms with van der Waals surface area (Å²) in [6.07, 6.45) is 2.01. The predicted octanol–water partition coefficient (Wildman–Crippen LogP) is 1.21. The molecule has 0 radical (unpaired) electrons. The maximum absolute atomic E-state index is 12.0. The van der Waals surface area contributed by atoms with Crippen molar-refractivity contribution in [2.24, 2.45) is 0 Å². The van der Waals surface area contributed by atoms with Gasteiger partial charge in [0.25, 0.3) is 0 Å². The first kappa shape index (κ1) is 13.4. The second-order valence-corrected chi connectivity index (χ2v) is 5.28. The number of amides is 1. The number of carbonyl (C=O) groups excluding carboxylic acids is 1. The minimum absolute atomic E-state index is 0.0334. The van der Waals surface area contributed by atoms with Crippen LogP contribution in [0.25, 0.3) is 0 Å². The number of ether oxygens (including phenoxy) is 1. The number of hydrogen-bond donors (Lipinski definition) is 2. The molecular weight excluding hydrogens is 254 g/mol. The highest BCUT2D eigenvalue weighted by atomic mass is 16.5. The van der Waals surface area contributed by atoms with E-state index in [2.05, 4.69) is 27.7 Å². The van der Waals surface area contributed by atoms with Gasteiger partial charge in [-0.3, -0.25) is 4.79 Å². The maximum Gasteiger partial charge on any atom is 0.241 e. The molecule has 1 atom stereocenters. The standard InChI is InChI=1S/C15H21N3O2/c19-15(14-2-1-7-16-14)17-12-3-5-13(6-4-12)18-8-10-20-11-9-18/h3-6,14,16H,1-2,7-11H2,(H,17,19)/t14-/m0/s1. The quantitative estimate of drug-likeness (QED) is 0.871. The second-order valence-electron chi connectivity index (χ2n) is 5.28. The Morgan fingerprint density at radius 1 is 1.25 bits per heavy atom. The van der Waals surface area contributed by atoms with Gasteiger partial charge < -0.3 is 20.3 Å². The summed E-state index contributed by atoms with van der Waals surface area (Å²) in [5.41, 5.74) is 2.05. The van der Waals surface area contributed by atoms with E-state index in [1.54, 1.807) is 0 Å². The Balaban J connectivity index is 1.59. The fraction of sp³-hybridized carbons (Fsp3) is 0.533. The van der Waals surface area contributed by atoms with Gasteiger partial charge in [-0.1, -0.05) is 0 Å². The molecule has 2 N–H and O–H groups in total. The first-order chi connectivity index (χ1) is 9.83. The van der Waals surface area contributed by atoms with Crippen LogP contribution < -0.4 is 15.5 Å². The number of benzene rings is 1. The lowest BCUT2D eigenvalue weighted by Crippen LogP contribution is -2.36. The minimum Gasteiger partial charge on any atom is -0.378 e. The van der Waals surface area contributed by atoms with Crippen molar-refractivity contribution in [1.82, 2.24) is 5.32 Å². The first-order valence-corrected chi connectivity index (χ1v) is 7.30. The normalized spacial score (nSPS) is 22.8. The lowest BCUT2D eigenvalue weighted by molar-refractivity contribution is -0.117. The Morgan fingerprint density at radius 2 is 2.00 bits per heavy atom. The van der Waals surface area contributed by atoms with E-state index in [0.29, 0.717) is 0 Å². The minimum atomic E-state index is -0.0334. The fourth-order valence-corrected chi connectivity index (χ4v) is 2.71. The molecule has 2 heterocycles. The van der Waals surface area contributed by atoms with Crippen molar-refractivity contribution in [3.05, 3.63) is 24.3 Å². The van der Waals surface area contributed by atoms with E-state index in [-0.39, 0.29) is 11.9 Å². The first-order valence-electron chi connectivity index (χ1n) is 7.30. The van der Waals surface area contributed by atoms with E-state index in [1.807, 2.05) is 12.1 Å². The Bertz CT molecular complexity index is 449. The molecule has 2 aliphatic rings. The molecular formula is C15H21N3O2. The maximum atomic E-state index is 12.0.